The molecule has 0 spiro atoms. The molecule has 0 saturated heterocycles. The van der Waals surface area contributed by atoms with Crippen LogP contribution in [-0.4, -0.2) is 10.2 Å². The van der Waals surface area contributed by atoms with Gasteiger partial charge in [-0.2, -0.15) is 0 Å². The van der Waals surface area contributed by atoms with Gasteiger partial charge in [-0.05, 0) is 55.6 Å². The monoisotopic (exact) mass is 376 g/mol. The van der Waals surface area contributed by atoms with Crippen molar-refractivity contribution >= 4 is 11.3 Å². The summed E-state index contributed by atoms with van der Waals surface area (Å²) in [7, 11) is 0. The summed E-state index contributed by atoms with van der Waals surface area (Å²) in [5.74, 6) is 1.70. The Morgan fingerprint density at radius 2 is 1.59 bits per heavy atom. The fourth-order valence-electron chi connectivity index (χ4n) is 4.35. The first-order chi connectivity index (χ1) is 13.2. The lowest BCUT2D eigenvalue weighted by molar-refractivity contribution is 0.308. The van der Waals surface area contributed by atoms with Crippen LogP contribution in [0.1, 0.15) is 62.5 Å². The van der Waals surface area contributed by atoms with E-state index in [4.69, 9.17) is 0 Å². The molecule has 0 radical (unpaired) electrons. The number of aryl methyl sites for hydroxylation is 1. The Morgan fingerprint density at radius 3 is 2.30 bits per heavy atom. The second kappa shape index (κ2) is 8.35. The van der Waals surface area contributed by atoms with Gasteiger partial charge in [0.2, 0.25) is 0 Å². The molecule has 0 unspecified atom stereocenters. The Kier molecular flexibility index (Phi) is 5.68. The number of rotatable bonds is 5. The van der Waals surface area contributed by atoms with Gasteiger partial charge in [-0.3, -0.25) is 0 Å². The second-order valence-corrected chi connectivity index (χ2v) is 8.83. The molecule has 0 N–H and O–H groups in total. The molecule has 0 amide bonds. The van der Waals surface area contributed by atoms with Crippen molar-refractivity contribution in [1.29, 1.82) is 0 Å². The molecule has 1 saturated carbocycles. The van der Waals surface area contributed by atoms with E-state index in [0.717, 1.165) is 21.9 Å². The van der Waals surface area contributed by atoms with Crippen molar-refractivity contribution in [3.05, 3.63) is 59.7 Å². The summed E-state index contributed by atoms with van der Waals surface area (Å²) in [6.45, 7) is 4.43. The lowest BCUT2D eigenvalue weighted by Gasteiger charge is -2.28. The fraction of sp³-hybridized carbons (Fsp3) is 0.417. The topological polar surface area (TPSA) is 25.8 Å². The van der Waals surface area contributed by atoms with Crippen LogP contribution in [0.4, 0.5) is 0 Å². The van der Waals surface area contributed by atoms with Crippen molar-refractivity contribution in [3.63, 3.8) is 0 Å². The summed E-state index contributed by atoms with van der Waals surface area (Å²) in [6, 6.07) is 17.5. The molecule has 1 heterocycles. The van der Waals surface area contributed by atoms with Crippen molar-refractivity contribution in [2.75, 3.05) is 0 Å². The maximum absolute atomic E-state index is 4.45. The third kappa shape index (κ3) is 4.14. The van der Waals surface area contributed by atoms with Gasteiger partial charge in [-0.25, -0.2) is 0 Å². The Bertz CT molecular complexity index is 873. The van der Waals surface area contributed by atoms with Gasteiger partial charge in [-0.1, -0.05) is 79.6 Å². The van der Waals surface area contributed by atoms with Gasteiger partial charge in [0, 0.05) is 11.1 Å². The number of hydrogen-bond donors (Lipinski definition) is 0. The predicted molar refractivity (Wildman–Crippen MR) is 115 cm³/mol. The largest absolute Gasteiger partial charge is 0.148 e. The third-order valence-corrected chi connectivity index (χ3v) is 6.98. The van der Waals surface area contributed by atoms with E-state index in [1.54, 1.807) is 11.3 Å². The maximum Gasteiger partial charge on any atom is 0.148 e. The summed E-state index contributed by atoms with van der Waals surface area (Å²) in [6.07, 6.45) is 8.23. The summed E-state index contributed by atoms with van der Waals surface area (Å²) in [5, 5.41) is 10.9. The van der Waals surface area contributed by atoms with Crippen molar-refractivity contribution in [3.8, 4) is 21.1 Å². The minimum Gasteiger partial charge on any atom is -0.138 e. The number of aromatic nitrogens is 2. The molecule has 0 bridgehead atoms. The van der Waals surface area contributed by atoms with Gasteiger partial charge in [0.1, 0.15) is 10.0 Å². The second-order valence-electron chi connectivity index (χ2n) is 7.86. The van der Waals surface area contributed by atoms with E-state index in [1.807, 2.05) is 0 Å². The molecule has 2 nitrogen and oxygen atoms in total. The number of nitrogens with zero attached hydrogens (tertiary/aromatic N) is 2. The van der Waals surface area contributed by atoms with Crippen molar-refractivity contribution in [2.24, 2.45) is 5.92 Å². The normalized spacial score (nSPS) is 19.9. The molecule has 2 aromatic carbocycles. The first kappa shape index (κ1) is 18.4. The zero-order valence-corrected chi connectivity index (χ0v) is 17.1. The van der Waals surface area contributed by atoms with Gasteiger partial charge in [0.25, 0.3) is 0 Å². The quantitative estimate of drug-likeness (QED) is 0.468. The van der Waals surface area contributed by atoms with E-state index in [2.05, 4.69) is 72.6 Å². The predicted octanol–water partition coefficient (Wildman–Crippen LogP) is 7.25. The molecular weight excluding hydrogens is 348 g/mol. The molecule has 1 fully saturated rings. The fourth-order valence-corrected chi connectivity index (χ4v) is 5.29. The molecule has 0 atom stereocenters. The van der Waals surface area contributed by atoms with Crippen molar-refractivity contribution in [1.82, 2.24) is 10.2 Å². The van der Waals surface area contributed by atoms with Crippen LogP contribution in [0.5, 0.6) is 0 Å². The van der Waals surface area contributed by atoms with Crippen LogP contribution in [0.3, 0.4) is 0 Å². The van der Waals surface area contributed by atoms with Crippen molar-refractivity contribution < 1.29 is 0 Å². The summed E-state index contributed by atoms with van der Waals surface area (Å²) >= 11 is 1.68. The molecule has 1 aliphatic rings. The highest BCUT2D eigenvalue weighted by molar-refractivity contribution is 7.17. The van der Waals surface area contributed by atoms with E-state index in [0.29, 0.717) is 0 Å². The number of hydrogen-bond acceptors (Lipinski definition) is 3. The molecule has 140 valence electrons. The molecule has 4 rings (SSSR count). The van der Waals surface area contributed by atoms with Crippen LogP contribution in [0, 0.1) is 12.8 Å². The highest BCUT2D eigenvalue weighted by atomic mass is 32.1. The lowest BCUT2D eigenvalue weighted by atomic mass is 9.77. The molecule has 0 aliphatic heterocycles. The summed E-state index contributed by atoms with van der Waals surface area (Å²) < 4.78 is 0. The molecule has 3 heteroatoms. The highest BCUT2D eigenvalue weighted by Gasteiger charge is 2.22. The van der Waals surface area contributed by atoms with E-state index in [-0.39, 0.29) is 0 Å². The first-order valence-electron chi connectivity index (χ1n) is 10.2. The minimum absolute atomic E-state index is 0.740. The maximum atomic E-state index is 4.45. The molecular formula is C24H28N2S. The smallest absolute Gasteiger partial charge is 0.138 e. The van der Waals surface area contributed by atoms with Crippen LogP contribution < -0.4 is 0 Å². The highest BCUT2D eigenvalue weighted by Crippen LogP contribution is 2.38. The van der Waals surface area contributed by atoms with Crippen LogP contribution in [0.15, 0.2) is 48.5 Å². The zero-order chi connectivity index (χ0) is 18.6. The average molecular weight is 377 g/mol. The first-order valence-corrected chi connectivity index (χ1v) is 11.1. The van der Waals surface area contributed by atoms with Crippen LogP contribution in [0.2, 0.25) is 0 Å². The lowest BCUT2D eigenvalue weighted by Crippen LogP contribution is -2.13. The SMILES string of the molecule is CCCC1CCC(c2ccc(-c3nnc(-c4ccccc4C)s3)cc2)CC1. The Labute approximate surface area is 166 Å². The van der Waals surface area contributed by atoms with Crippen molar-refractivity contribution in [2.45, 2.75) is 58.3 Å². The Hall–Kier alpha value is -2.00. The van der Waals surface area contributed by atoms with Gasteiger partial charge in [0.15, 0.2) is 0 Å². The van der Waals surface area contributed by atoms with Gasteiger partial charge < -0.3 is 0 Å². The minimum atomic E-state index is 0.740. The summed E-state index contributed by atoms with van der Waals surface area (Å²) in [5.41, 5.74) is 5.10. The summed E-state index contributed by atoms with van der Waals surface area (Å²) in [4.78, 5) is 0. The average Bonchev–Trinajstić information content (AvgIpc) is 3.19. The van der Waals surface area contributed by atoms with E-state index >= 15 is 0 Å². The number of benzene rings is 2. The van der Waals surface area contributed by atoms with E-state index < -0.39 is 0 Å². The van der Waals surface area contributed by atoms with Crippen LogP contribution in [0.25, 0.3) is 21.1 Å². The molecule has 3 aromatic rings. The van der Waals surface area contributed by atoms with E-state index in [1.165, 1.54) is 60.8 Å². The third-order valence-electron chi connectivity index (χ3n) is 5.97. The molecule has 27 heavy (non-hydrogen) atoms. The van der Waals surface area contributed by atoms with Gasteiger partial charge >= 0.3 is 0 Å². The zero-order valence-electron chi connectivity index (χ0n) is 16.3. The van der Waals surface area contributed by atoms with Crippen LogP contribution in [-0.2, 0) is 0 Å². The Balaban J connectivity index is 1.46. The standard InChI is InChI=1S/C24H28N2S/c1-3-6-18-9-11-19(12-10-18)20-13-15-21(16-14-20)23-25-26-24(27-23)22-8-5-4-7-17(22)2/h4-5,7-8,13-16,18-19H,3,6,9-12H2,1-2H3. The van der Waals surface area contributed by atoms with Crippen LogP contribution >= 0.6 is 11.3 Å². The van der Waals surface area contributed by atoms with Gasteiger partial charge in [0.05, 0.1) is 0 Å². The van der Waals surface area contributed by atoms with E-state index in [9.17, 15) is 0 Å². The Morgan fingerprint density at radius 1 is 0.889 bits per heavy atom. The molecule has 1 aromatic heterocycles. The molecule has 1 aliphatic carbocycles. The van der Waals surface area contributed by atoms with Gasteiger partial charge in [-0.15, -0.1) is 10.2 Å².